The highest BCUT2D eigenvalue weighted by atomic mass is 19.3. The van der Waals surface area contributed by atoms with Crippen LogP contribution in [0, 0.1) is 0 Å². The summed E-state index contributed by atoms with van der Waals surface area (Å²) in [4.78, 5) is 17.4. The summed E-state index contributed by atoms with van der Waals surface area (Å²) >= 11 is 0. The Hall–Kier alpha value is -3.54. The standard InChI is InChI=1S/C25H23F2NO3/c1-18(28-31-16-19-8-12-22(13-9-19)25(2,26)27)20-10-14-23(15-11-20)30-17-24(29)21-6-4-3-5-7-21/h3-15H,16-17H2,1-2H3/b28-18+. The van der Waals surface area contributed by atoms with Crippen molar-refractivity contribution in [3.63, 3.8) is 0 Å². The Bertz CT molecular complexity index is 1030. The van der Waals surface area contributed by atoms with Gasteiger partial charge in [0.2, 0.25) is 0 Å². The number of carbonyl (C=O) groups is 1. The first-order valence-electron chi connectivity index (χ1n) is 9.78. The average Bonchev–Trinajstić information content (AvgIpc) is 2.78. The molecule has 0 aliphatic rings. The Morgan fingerprint density at radius 2 is 1.55 bits per heavy atom. The summed E-state index contributed by atoms with van der Waals surface area (Å²) in [6.07, 6.45) is 0. The lowest BCUT2D eigenvalue weighted by atomic mass is 10.1. The van der Waals surface area contributed by atoms with Crippen molar-refractivity contribution in [3.05, 3.63) is 101 Å². The molecule has 0 aliphatic carbocycles. The number of benzene rings is 3. The minimum Gasteiger partial charge on any atom is -0.485 e. The molecule has 0 heterocycles. The number of ether oxygens (including phenoxy) is 1. The van der Waals surface area contributed by atoms with Crippen LogP contribution in [-0.2, 0) is 17.4 Å². The Kier molecular flexibility index (Phi) is 7.13. The molecule has 0 saturated heterocycles. The Morgan fingerprint density at radius 3 is 2.16 bits per heavy atom. The van der Waals surface area contributed by atoms with E-state index < -0.39 is 5.92 Å². The van der Waals surface area contributed by atoms with Gasteiger partial charge in [-0.1, -0.05) is 59.8 Å². The number of halogens is 2. The molecule has 160 valence electrons. The van der Waals surface area contributed by atoms with Crippen molar-refractivity contribution in [2.45, 2.75) is 26.4 Å². The molecule has 31 heavy (non-hydrogen) atoms. The number of rotatable bonds is 9. The molecule has 0 bridgehead atoms. The van der Waals surface area contributed by atoms with Crippen molar-refractivity contribution in [2.24, 2.45) is 5.16 Å². The third kappa shape index (κ3) is 6.47. The van der Waals surface area contributed by atoms with Crippen LogP contribution in [0.15, 0.2) is 84.0 Å². The summed E-state index contributed by atoms with van der Waals surface area (Å²) in [7, 11) is 0. The fourth-order valence-corrected chi connectivity index (χ4v) is 2.80. The quantitative estimate of drug-likeness (QED) is 0.241. The topological polar surface area (TPSA) is 47.9 Å². The maximum Gasteiger partial charge on any atom is 0.270 e. The highest BCUT2D eigenvalue weighted by molar-refractivity contribution is 5.98. The van der Waals surface area contributed by atoms with Gasteiger partial charge in [-0.3, -0.25) is 4.79 Å². The maximum atomic E-state index is 13.2. The van der Waals surface area contributed by atoms with Gasteiger partial charge in [-0.25, -0.2) is 8.78 Å². The van der Waals surface area contributed by atoms with Gasteiger partial charge >= 0.3 is 0 Å². The van der Waals surface area contributed by atoms with Crippen LogP contribution in [0.25, 0.3) is 0 Å². The van der Waals surface area contributed by atoms with Gasteiger partial charge in [-0.2, -0.15) is 0 Å². The molecule has 6 heteroatoms. The van der Waals surface area contributed by atoms with Crippen molar-refractivity contribution in [1.29, 1.82) is 0 Å². The van der Waals surface area contributed by atoms with Crippen LogP contribution in [-0.4, -0.2) is 18.1 Å². The van der Waals surface area contributed by atoms with Crippen LogP contribution in [0.4, 0.5) is 8.78 Å². The summed E-state index contributed by atoms with van der Waals surface area (Å²) in [5.74, 6) is -2.38. The van der Waals surface area contributed by atoms with Crippen molar-refractivity contribution in [2.75, 3.05) is 6.61 Å². The van der Waals surface area contributed by atoms with Crippen LogP contribution in [0.3, 0.4) is 0 Å². The van der Waals surface area contributed by atoms with Crippen molar-refractivity contribution >= 4 is 11.5 Å². The predicted octanol–water partition coefficient (Wildman–Crippen LogP) is 6.00. The van der Waals surface area contributed by atoms with E-state index >= 15 is 0 Å². The average molecular weight is 423 g/mol. The molecule has 0 aliphatic heterocycles. The summed E-state index contributed by atoms with van der Waals surface area (Å²) in [6, 6.07) is 22.1. The van der Waals surface area contributed by atoms with E-state index in [-0.39, 0.29) is 24.6 Å². The van der Waals surface area contributed by atoms with E-state index in [0.717, 1.165) is 18.1 Å². The lowest BCUT2D eigenvalue weighted by Crippen LogP contribution is -2.11. The summed E-state index contributed by atoms with van der Waals surface area (Å²) in [5.41, 5.74) is 2.81. The Balaban J connectivity index is 1.50. The monoisotopic (exact) mass is 423 g/mol. The largest absolute Gasteiger partial charge is 0.485 e. The molecule has 0 spiro atoms. The van der Waals surface area contributed by atoms with E-state index in [9.17, 15) is 13.6 Å². The van der Waals surface area contributed by atoms with Crippen molar-refractivity contribution < 1.29 is 23.1 Å². The predicted molar refractivity (Wildman–Crippen MR) is 116 cm³/mol. The lowest BCUT2D eigenvalue weighted by molar-refractivity contribution is 0.0174. The Labute approximate surface area is 180 Å². The molecule has 4 nitrogen and oxygen atoms in total. The molecule has 0 atom stereocenters. The van der Waals surface area contributed by atoms with Crippen LogP contribution in [0.1, 0.15) is 40.9 Å². The molecule has 3 rings (SSSR count). The van der Waals surface area contributed by atoms with Crippen LogP contribution >= 0.6 is 0 Å². The van der Waals surface area contributed by atoms with E-state index in [1.54, 1.807) is 43.3 Å². The number of nitrogens with zero attached hydrogens (tertiary/aromatic N) is 1. The van der Waals surface area contributed by atoms with Gasteiger partial charge in [-0.05, 0) is 42.3 Å². The fourth-order valence-electron chi connectivity index (χ4n) is 2.80. The van der Waals surface area contributed by atoms with E-state index in [1.165, 1.54) is 12.1 Å². The molecule has 0 fully saturated rings. The fraction of sp³-hybridized carbons (Fsp3) is 0.200. The van der Waals surface area contributed by atoms with Crippen molar-refractivity contribution in [3.8, 4) is 5.75 Å². The normalized spacial score (nSPS) is 11.8. The first-order valence-corrected chi connectivity index (χ1v) is 9.78. The number of hydrogen-bond acceptors (Lipinski definition) is 4. The second-order valence-electron chi connectivity index (χ2n) is 7.14. The number of hydrogen-bond donors (Lipinski definition) is 0. The van der Waals surface area contributed by atoms with Gasteiger partial charge in [-0.15, -0.1) is 0 Å². The minimum absolute atomic E-state index is 0.0382. The molecule has 0 radical (unpaired) electrons. The number of ketones is 1. The molecular weight excluding hydrogens is 400 g/mol. The summed E-state index contributed by atoms with van der Waals surface area (Å²) in [6.45, 7) is 2.80. The smallest absolute Gasteiger partial charge is 0.270 e. The SMILES string of the molecule is C/C(=N\OCc1ccc(C(C)(F)F)cc1)c1ccc(OCC(=O)c2ccccc2)cc1. The van der Waals surface area contributed by atoms with E-state index in [0.29, 0.717) is 17.0 Å². The third-order valence-electron chi connectivity index (χ3n) is 4.63. The molecule has 3 aromatic rings. The summed E-state index contributed by atoms with van der Waals surface area (Å²) < 4.78 is 32.0. The maximum absolute atomic E-state index is 13.2. The molecular formula is C25H23F2NO3. The van der Waals surface area contributed by atoms with E-state index in [2.05, 4.69) is 5.16 Å². The number of Topliss-reactive ketones (excluding diaryl/α,β-unsaturated/α-hetero) is 1. The van der Waals surface area contributed by atoms with Gasteiger partial charge in [0.1, 0.15) is 12.4 Å². The molecule has 0 saturated carbocycles. The first-order chi connectivity index (χ1) is 14.8. The van der Waals surface area contributed by atoms with Gasteiger partial charge in [0.15, 0.2) is 12.4 Å². The second kappa shape index (κ2) is 9.98. The minimum atomic E-state index is -2.86. The number of alkyl halides is 2. The molecule has 3 aromatic carbocycles. The summed E-state index contributed by atoms with van der Waals surface area (Å²) in [5, 5.41) is 4.08. The Morgan fingerprint density at radius 1 is 0.903 bits per heavy atom. The van der Waals surface area contributed by atoms with Gasteiger partial charge in [0.25, 0.3) is 5.92 Å². The second-order valence-corrected chi connectivity index (χ2v) is 7.14. The highest BCUT2D eigenvalue weighted by Gasteiger charge is 2.23. The number of carbonyl (C=O) groups excluding carboxylic acids is 1. The zero-order valence-electron chi connectivity index (χ0n) is 17.3. The van der Waals surface area contributed by atoms with Gasteiger partial charge in [0, 0.05) is 18.1 Å². The molecule has 0 aromatic heterocycles. The van der Waals surface area contributed by atoms with Crippen molar-refractivity contribution in [1.82, 2.24) is 0 Å². The number of oxime groups is 1. The molecule has 0 N–H and O–H groups in total. The van der Waals surface area contributed by atoms with Gasteiger partial charge in [0.05, 0.1) is 5.71 Å². The first kappa shape index (κ1) is 22.2. The zero-order valence-corrected chi connectivity index (χ0v) is 17.3. The van der Waals surface area contributed by atoms with Crippen LogP contribution in [0.5, 0.6) is 5.75 Å². The van der Waals surface area contributed by atoms with E-state index in [4.69, 9.17) is 9.57 Å². The molecule has 0 unspecified atom stereocenters. The third-order valence-corrected chi connectivity index (χ3v) is 4.63. The van der Waals surface area contributed by atoms with Crippen LogP contribution in [0.2, 0.25) is 0 Å². The lowest BCUT2D eigenvalue weighted by Gasteiger charge is -2.10. The van der Waals surface area contributed by atoms with E-state index in [1.807, 2.05) is 30.3 Å². The van der Waals surface area contributed by atoms with Gasteiger partial charge < -0.3 is 9.57 Å². The molecule has 0 amide bonds. The van der Waals surface area contributed by atoms with Crippen LogP contribution < -0.4 is 4.74 Å². The highest BCUT2D eigenvalue weighted by Crippen LogP contribution is 2.26. The zero-order chi connectivity index (χ0) is 22.3.